The first-order chi connectivity index (χ1) is 14.0. The second-order valence-corrected chi connectivity index (χ2v) is 7.10. The zero-order valence-corrected chi connectivity index (χ0v) is 16.7. The summed E-state index contributed by atoms with van der Waals surface area (Å²) in [6.07, 6.45) is 0.595. The lowest BCUT2D eigenvalue weighted by Gasteiger charge is -2.07. The third-order valence-corrected chi connectivity index (χ3v) is 4.76. The largest absolute Gasteiger partial charge is 0.497 e. The number of carbonyl (C=O) groups is 1. The van der Waals surface area contributed by atoms with Crippen LogP contribution in [-0.4, -0.2) is 18.0 Å². The molecule has 0 saturated heterocycles. The van der Waals surface area contributed by atoms with Gasteiger partial charge in [-0.2, -0.15) is 0 Å². The molecule has 1 N–H and O–H groups in total. The predicted molar refractivity (Wildman–Crippen MR) is 114 cm³/mol. The number of nitrogens with zero attached hydrogens (tertiary/aromatic N) is 1. The number of anilines is 1. The second-order valence-electron chi connectivity index (χ2n) is 7.10. The molecule has 1 heterocycles. The van der Waals surface area contributed by atoms with Crippen LogP contribution in [0.1, 0.15) is 32.9 Å². The number of methoxy groups -OCH3 is 1. The molecule has 146 valence electrons. The van der Waals surface area contributed by atoms with Crippen LogP contribution in [0, 0.1) is 13.8 Å². The summed E-state index contributed by atoms with van der Waals surface area (Å²) in [4.78, 5) is 17.0. The van der Waals surface area contributed by atoms with Crippen LogP contribution < -0.4 is 10.1 Å². The molecule has 0 aliphatic carbocycles. The quantitative estimate of drug-likeness (QED) is 0.506. The molecule has 0 unspecified atom stereocenters. The summed E-state index contributed by atoms with van der Waals surface area (Å²) in [7, 11) is 1.58. The van der Waals surface area contributed by atoms with Gasteiger partial charge in [-0.1, -0.05) is 24.3 Å². The molecule has 0 fully saturated rings. The third-order valence-electron chi connectivity index (χ3n) is 4.76. The van der Waals surface area contributed by atoms with Gasteiger partial charge in [0.25, 0.3) is 5.91 Å². The average Bonchev–Trinajstić information content (AvgIpc) is 3.12. The maximum atomic E-state index is 12.4. The molecule has 1 amide bonds. The summed E-state index contributed by atoms with van der Waals surface area (Å²) in [6, 6.07) is 18.9. The Morgan fingerprint density at radius 3 is 2.62 bits per heavy atom. The fourth-order valence-corrected chi connectivity index (χ4v) is 3.35. The van der Waals surface area contributed by atoms with E-state index < -0.39 is 0 Å². The van der Waals surface area contributed by atoms with Gasteiger partial charge in [0.15, 0.2) is 11.5 Å². The van der Waals surface area contributed by atoms with Crippen LogP contribution in [0.2, 0.25) is 0 Å². The smallest absolute Gasteiger partial charge is 0.255 e. The minimum Gasteiger partial charge on any atom is -0.497 e. The van der Waals surface area contributed by atoms with Crippen molar-refractivity contribution in [3.63, 3.8) is 0 Å². The Hall–Kier alpha value is -3.60. The number of oxazole rings is 1. The van der Waals surface area contributed by atoms with Crippen molar-refractivity contribution in [2.45, 2.75) is 20.3 Å². The van der Waals surface area contributed by atoms with Gasteiger partial charge in [0.2, 0.25) is 0 Å². The summed E-state index contributed by atoms with van der Waals surface area (Å²) in [6.45, 7) is 4.09. The third kappa shape index (κ3) is 4.14. The van der Waals surface area contributed by atoms with Crippen LogP contribution in [0.5, 0.6) is 5.75 Å². The van der Waals surface area contributed by atoms with Gasteiger partial charge in [-0.15, -0.1) is 0 Å². The maximum Gasteiger partial charge on any atom is 0.255 e. The number of fused-ring (bicyclic) bond motifs is 1. The average molecular weight is 386 g/mol. The molecule has 0 aliphatic rings. The van der Waals surface area contributed by atoms with Crippen LogP contribution in [-0.2, 0) is 6.42 Å². The van der Waals surface area contributed by atoms with Gasteiger partial charge in [0, 0.05) is 17.7 Å². The number of aryl methyl sites for hydroxylation is 2. The van der Waals surface area contributed by atoms with Crippen LogP contribution >= 0.6 is 0 Å². The van der Waals surface area contributed by atoms with Gasteiger partial charge in [0.1, 0.15) is 11.3 Å². The lowest BCUT2D eigenvalue weighted by molar-refractivity contribution is 0.102. The molecule has 3 aromatic carbocycles. The van der Waals surface area contributed by atoms with E-state index in [2.05, 4.69) is 23.3 Å². The fraction of sp³-hybridized carbons (Fsp3) is 0.167. The second kappa shape index (κ2) is 7.80. The summed E-state index contributed by atoms with van der Waals surface area (Å²) >= 11 is 0. The zero-order valence-electron chi connectivity index (χ0n) is 16.7. The Kier molecular flexibility index (Phi) is 5.04. The summed E-state index contributed by atoms with van der Waals surface area (Å²) in [5.41, 5.74) is 6.33. The van der Waals surface area contributed by atoms with Crippen LogP contribution in [0.25, 0.3) is 11.1 Å². The van der Waals surface area contributed by atoms with Crippen LogP contribution in [0.15, 0.2) is 65.1 Å². The van der Waals surface area contributed by atoms with E-state index in [-0.39, 0.29) is 5.91 Å². The van der Waals surface area contributed by atoms with Gasteiger partial charge >= 0.3 is 0 Å². The molecule has 4 rings (SSSR count). The standard InChI is InChI=1S/C24H22N2O3/c1-15-11-16(2)23-21(12-15)26-22(29-23)13-17-7-9-19(10-8-17)25-24(27)18-5-4-6-20(14-18)28-3/h4-12,14H,13H2,1-3H3,(H,25,27). The number of aromatic nitrogens is 1. The Bertz CT molecular complexity index is 1180. The van der Waals surface area contributed by atoms with E-state index in [9.17, 15) is 4.79 Å². The molecule has 0 spiro atoms. The van der Waals surface area contributed by atoms with Crippen molar-refractivity contribution in [3.05, 3.63) is 88.8 Å². The molecule has 4 aromatic rings. The predicted octanol–water partition coefficient (Wildman–Crippen LogP) is 5.30. The van der Waals surface area contributed by atoms with Crippen molar-refractivity contribution in [2.75, 3.05) is 12.4 Å². The molecule has 0 radical (unpaired) electrons. The minimum atomic E-state index is -0.179. The molecular formula is C24H22N2O3. The van der Waals surface area contributed by atoms with E-state index in [0.717, 1.165) is 27.9 Å². The highest BCUT2D eigenvalue weighted by Crippen LogP contribution is 2.23. The van der Waals surface area contributed by atoms with Crippen LogP contribution in [0.4, 0.5) is 5.69 Å². The number of rotatable bonds is 5. The van der Waals surface area contributed by atoms with Gasteiger partial charge in [0.05, 0.1) is 7.11 Å². The Morgan fingerprint density at radius 2 is 1.86 bits per heavy atom. The van der Waals surface area contributed by atoms with Gasteiger partial charge in [-0.25, -0.2) is 4.98 Å². The van der Waals surface area contributed by atoms with Gasteiger partial charge < -0.3 is 14.5 Å². The van der Waals surface area contributed by atoms with E-state index in [1.807, 2.05) is 37.3 Å². The molecule has 5 nitrogen and oxygen atoms in total. The number of amides is 1. The van der Waals surface area contributed by atoms with Crippen molar-refractivity contribution < 1.29 is 13.9 Å². The summed E-state index contributed by atoms with van der Waals surface area (Å²) < 4.78 is 11.1. The van der Waals surface area contributed by atoms with Gasteiger partial charge in [-0.05, 0) is 66.9 Å². The number of hydrogen-bond donors (Lipinski definition) is 1. The lowest BCUT2D eigenvalue weighted by Crippen LogP contribution is -2.11. The Labute approximate surface area is 169 Å². The molecule has 1 aromatic heterocycles. The topological polar surface area (TPSA) is 64.4 Å². The fourth-order valence-electron chi connectivity index (χ4n) is 3.35. The first-order valence-electron chi connectivity index (χ1n) is 9.43. The van der Waals surface area contributed by atoms with E-state index in [1.54, 1.807) is 31.4 Å². The molecule has 29 heavy (non-hydrogen) atoms. The highest BCUT2D eigenvalue weighted by molar-refractivity contribution is 6.04. The van der Waals surface area contributed by atoms with Crippen molar-refractivity contribution in [1.82, 2.24) is 4.98 Å². The minimum absolute atomic E-state index is 0.179. The van der Waals surface area contributed by atoms with E-state index in [4.69, 9.17) is 9.15 Å². The first-order valence-corrected chi connectivity index (χ1v) is 9.43. The highest BCUT2D eigenvalue weighted by Gasteiger charge is 2.11. The van der Waals surface area contributed by atoms with Crippen molar-refractivity contribution in [1.29, 1.82) is 0 Å². The molecule has 0 aliphatic heterocycles. The van der Waals surface area contributed by atoms with Crippen molar-refractivity contribution in [3.8, 4) is 5.75 Å². The van der Waals surface area contributed by atoms with Crippen molar-refractivity contribution in [2.24, 2.45) is 0 Å². The zero-order chi connectivity index (χ0) is 20.4. The lowest BCUT2D eigenvalue weighted by atomic mass is 10.1. The number of benzene rings is 3. The molecule has 5 heteroatoms. The number of hydrogen-bond acceptors (Lipinski definition) is 4. The summed E-state index contributed by atoms with van der Waals surface area (Å²) in [5, 5.41) is 2.90. The SMILES string of the molecule is COc1cccc(C(=O)Nc2ccc(Cc3nc4cc(C)cc(C)c4o3)cc2)c1. The number of nitrogens with one attached hydrogen (secondary N) is 1. The number of carbonyl (C=O) groups excluding carboxylic acids is 1. The highest BCUT2D eigenvalue weighted by atomic mass is 16.5. The number of ether oxygens (including phenoxy) is 1. The molecular weight excluding hydrogens is 364 g/mol. The van der Waals surface area contributed by atoms with Crippen molar-refractivity contribution >= 4 is 22.7 Å². The first kappa shape index (κ1) is 18.7. The summed E-state index contributed by atoms with van der Waals surface area (Å²) in [5.74, 6) is 1.15. The monoisotopic (exact) mass is 386 g/mol. The van der Waals surface area contributed by atoms with Gasteiger partial charge in [-0.3, -0.25) is 4.79 Å². The van der Waals surface area contributed by atoms with E-state index in [1.165, 1.54) is 5.56 Å². The normalized spacial score (nSPS) is 10.9. The Balaban J connectivity index is 1.46. The Morgan fingerprint density at radius 1 is 1.07 bits per heavy atom. The van der Waals surface area contributed by atoms with E-state index >= 15 is 0 Å². The maximum absolute atomic E-state index is 12.4. The van der Waals surface area contributed by atoms with Crippen LogP contribution in [0.3, 0.4) is 0 Å². The molecule has 0 atom stereocenters. The molecule has 0 saturated carbocycles. The molecule has 0 bridgehead atoms. The van der Waals surface area contributed by atoms with E-state index in [0.29, 0.717) is 23.6 Å².